The van der Waals surface area contributed by atoms with E-state index in [2.05, 4.69) is 20.4 Å². The molecule has 2 aliphatic rings. The second kappa shape index (κ2) is 5.06. The SMILES string of the molecule is CN1CCC(=O)Nc2cc(-c3nc(C4(N)CCC4)no3)ccc21. The number of carbonyl (C=O) groups is 1. The van der Waals surface area contributed by atoms with E-state index in [-0.39, 0.29) is 5.91 Å². The molecule has 3 N–H and O–H groups in total. The van der Waals surface area contributed by atoms with Crippen LogP contribution in [-0.2, 0) is 10.3 Å². The molecule has 23 heavy (non-hydrogen) atoms. The van der Waals surface area contributed by atoms with Crippen LogP contribution in [0.3, 0.4) is 0 Å². The Morgan fingerprint density at radius 3 is 2.96 bits per heavy atom. The number of rotatable bonds is 2. The van der Waals surface area contributed by atoms with Gasteiger partial charge < -0.3 is 20.5 Å². The molecule has 7 heteroatoms. The van der Waals surface area contributed by atoms with E-state index in [0.717, 1.165) is 36.2 Å². The van der Waals surface area contributed by atoms with Crippen LogP contribution < -0.4 is 16.0 Å². The van der Waals surface area contributed by atoms with Gasteiger partial charge in [-0.25, -0.2) is 0 Å². The van der Waals surface area contributed by atoms with Crippen molar-refractivity contribution in [2.45, 2.75) is 31.2 Å². The molecule has 120 valence electrons. The minimum absolute atomic E-state index is 0.00865. The summed E-state index contributed by atoms with van der Waals surface area (Å²) in [4.78, 5) is 18.3. The largest absolute Gasteiger partial charge is 0.372 e. The molecule has 0 unspecified atom stereocenters. The highest BCUT2D eigenvalue weighted by atomic mass is 16.5. The lowest BCUT2D eigenvalue weighted by Crippen LogP contribution is -2.44. The summed E-state index contributed by atoms with van der Waals surface area (Å²) in [5, 5.41) is 6.97. The van der Waals surface area contributed by atoms with Crippen molar-refractivity contribution in [3.63, 3.8) is 0 Å². The number of aromatic nitrogens is 2. The third-order valence-electron chi connectivity index (χ3n) is 4.72. The second-order valence-corrected chi connectivity index (χ2v) is 6.38. The van der Waals surface area contributed by atoms with Crippen LogP contribution >= 0.6 is 0 Å². The topological polar surface area (TPSA) is 97.3 Å². The summed E-state index contributed by atoms with van der Waals surface area (Å²) in [5.41, 5.74) is 8.31. The van der Waals surface area contributed by atoms with Gasteiger partial charge in [-0.15, -0.1) is 0 Å². The lowest BCUT2D eigenvalue weighted by atomic mass is 9.77. The summed E-state index contributed by atoms with van der Waals surface area (Å²) in [7, 11) is 1.97. The molecule has 0 bridgehead atoms. The maximum absolute atomic E-state index is 11.8. The van der Waals surface area contributed by atoms with E-state index in [4.69, 9.17) is 10.3 Å². The average Bonchev–Trinajstić information content (AvgIpc) is 2.95. The van der Waals surface area contributed by atoms with Gasteiger partial charge in [0.15, 0.2) is 5.82 Å². The zero-order chi connectivity index (χ0) is 16.0. The van der Waals surface area contributed by atoms with Crippen LogP contribution in [0.15, 0.2) is 22.7 Å². The monoisotopic (exact) mass is 313 g/mol. The number of anilines is 2. The maximum atomic E-state index is 11.8. The fraction of sp³-hybridized carbons (Fsp3) is 0.438. The van der Waals surface area contributed by atoms with Crippen molar-refractivity contribution in [2.24, 2.45) is 5.73 Å². The Morgan fingerprint density at radius 1 is 1.39 bits per heavy atom. The third-order valence-corrected chi connectivity index (χ3v) is 4.72. The van der Waals surface area contributed by atoms with E-state index < -0.39 is 5.54 Å². The Balaban J connectivity index is 1.69. The molecule has 0 atom stereocenters. The number of hydrogen-bond acceptors (Lipinski definition) is 6. The molecular formula is C16H19N5O2. The van der Waals surface area contributed by atoms with Crippen LogP contribution in [0.5, 0.6) is 0 Å². The van der Waals surface area contributed by atoms with Gasteiger partial charge in [0.25, 0.3) is 5.89 Å². The van der Waals surface area contributed by atoms with E-state index in [9.17, 15) is 4.79 Å². The molecule has 4 rings (SSSR count). The molecule has 1 aliphatic carbocycles. The molecule has 2 aromatic rings. The van der Waals surface area contributed by atoms with Gasteiger partial charge in [0, 0.05) is 25.6 Å². The van der Waals surface area contributed by atoms with Gasteiger partial charge in [0.1, 0.15) is 0 Å². The molecule has 0 spiro atoms. The summed E-state index contributed by atoms with van der Waals surface area (Å²) >= 11 is 0. The van der Waals surface area contributed by atoms with Crippen LogP contribution in [-0.4, -0.2) is 29.6 Å². The van der Waals surface area contributed by atoms with Crippen LogP contribution in [0, 0.1) is 0 Å². The fourth-order valence-electron chi connectivity index (χ4n) is 3.03. The van der Waals surface area contributed by atoms with Crippen LogP contribution in [0.2, 0.25) is 0 Å². The first-order valence-corrected chi connectivity index (χ1v) is 7.84. The smallest absolute Gasteiger partial charge is 0.258 e. The maximum Gasteiger partial charge on any atom is 0.258 e. The summed E-state index contributed by atoms with van der Waals surface area (Å²) in [6.07, 6.45) is 3.34. The zero-order valence-corrected chi connectivity index (χ0v) is 13.0. The van der Waals surface area contributed by atoms with Crippen LogP contribution in [0.4, 0.5) is 11.4 Å². The van der Waals surface area contributed by atoms with E-state index in [1.807, 2.05) is 25.2 Å². The highest BCUT2D eigenvalue weighted by Gasteiger charge is 2.39. The van der Waals surface area contributed by atoms with Gasteiger partial charge in [0.05, 0.1) is 16.9 Å². The highest BCUT2D eigenvalue weighted by Crippen LogP contribution is 2.38. The third kappa shape index (κ3) is 2.37. The number of hydrogen-bond donors (Lipinski definition) is 2. The molecular weight excluding hydrogens is 294 g/mol. The van der Waals surface area contributed by atoms with Crippen molar-refractivity contribution in [3.05, 3.63) is 24.0 Å². The van der Waals surface area contributed by atoms with Gasteiger partial charge in [-0.3, -0.25) is 4.79 Å². The number of amides is 1. The number of nitrogens with zero attached hydrogens (tertiary/aromatic N) is 3. The zero-order valence-electron chi connectivity index (χ0n) is 13.0. The Labute approximate surface area is 133 Å². The number of carbonyl (C=O) groups excluding carboxylic acids is 1. The predicted molar refractivity (Wildman–Crippen MR) is 86.0 cm³/mol. The van der Waals surface area contributed by atoms with Gasteiger partial charge in [-0.2, -0.15) is 4.98 Å². The van der Waals surface area contributed by atoms with Gasteiger partial charge in [0.2, 0.25) is 5.91 Å². The van der Waals surface area contributed by atoms with Crippen molar-refractivity contribution in [1.82, 2.24) is 10.1 Å². The molecule has 0 radical (unpaired) electrons. The normalized spacial score (nSPS) is 19.6. The summed E-state index contributed by atoms with van der Waals surface area (Å²) in [5.74, 6) is 1.00. The molecule has 0 saturated heterocycles. The number of nitrogens with one attached hydrogen (secondary N) is 1. The van der Waals surface area contributed by atoms with E-state index in [1.165, 1.54) is 0 Å². The van der Waals surface area contributed by atoms with Crippen LogP contribution in [0.25, 0.3) is 11.5 Å². The molecule has 1 amide bonds. The lowest BCUT2D eigenvalue weighted by molar-refractivity contribution is -0.115. The number of nitrogens with two attached hydrogens (primary N) is 1. The molecule has 1 saturated carbocycles. The quantitative estimate of drug-likeness (QED) is 0.878. The Kier molecular flexibility index (Phi) is 3.12. The van der Waals surface area contributed by atoms with Crippen LogP contribution in [0.1, 0.15) is 31.5 Å². The minimum atomic E-state index is -0.443. The second-order valence-electron chi connectivity index (χ2n) is 6.38. The predicted octanol–water partition coefficient (Wildman–Crippen LogP) is 1.85. The molecule has 1 aromatic heterocycles. The molecule has 1 fully saturated rings. The standard InChI is InChI=1S/C16H19N5O2/c1-21-8-5-13(22)18-11-9-10(3-4-12(11)21)14-19-15(20-23-14)16(17)6-2-7-16/h3-4,9H,2,5-8,17H2,1H3,(H,18,22). The number of fused-ring (bicyclic) bond motifs is 1. The van der Waals surface area contributed by atoms with Crippen molar-refractivity contribution < 1.29 is 9.32 Å². The first kappa shape index (κ1) is 14.2. The molecule has 2 heterocycles. The Hall–Kier alpha value is -2.41. The minimum Gasteiger partial charge on any atom is -0.372 e. The van der Waals surface area contributed by atoms with E-state index in [1.54, 1.807) is 0 Å². The fourth-order valence-corrected chi connectivity index (χ4v) is 3.03. The Bertz CT molecular complexity index is 766. The first-order chi connectivity index (χ1) is 11.0. The molecule has 7 nitrogen and oxygen atoms in total. The van der Waals surface area contributed by atoms with Crippen molar-refractivity contribution in [2.75, 3.05) is 23.8 Å². The van der Waals surface area contributed by atoms with Crippen molar-refractivity contribution in [1.29, 1.82) is 0 Å². The highest BCUT2D eigenvalue weighted by molar-refractivity contribution is 5.97. The van der Waals surface area contributed by atoms with Gasteiger partial charge >= 0.3 is 0 Å². The van der Waals surface area contributed by atoms with E-state index >= 15 is 0 Å². The van der Waals surface area contributed by atoms with Crippen molar-refractivity contribution >= 4 is 17.3 Å². The summed E-state index contributed by atoms with van der Waals surface area (Å²) in [6, 6.07) is 5.76. The average molecular weight is 313 g/mol. The number of benzene rings is 1. The summed E-state index contributed by atoms with van der Waals surface area (Å²) in [6.45, 7) is 0.693. The lowest BCUT2D eigenvalue weighted by Gasteiger charge is -2.34. The summed E-state index contributed by atoms with van der Waals surface area (Å²) < 4.78 is 5.38. The first-order valence-electron chi connectivity index (χ1n) is 7.84. The van der Waals surface area contributed by atoms with Crippen molar-refractivity contribution in [3.8, 4) is 11.5 Å². The van der Waals surface area contributed by atoms with E-state index in [0.29, 0.717) is 24.7 Å². The molecule has 1 aliphatic heterocycles. The van der Waals surface area contributed by atoms with Gasteiger partial charge in [-0.1, -0.05) is 5.16 Å². The van der Waals surface area contributed by atoms with Gasteiger partial charge in [-0.05, 0) is 37.5 Å². The molecule has 1 aromatic carbocycles. The Morgan fingerprint density at radius 2 is 2.22 bits per heavy atom.